The van der Waals surface area contributed by atoms with Crippen molar-refractivity contribution in [2.75, 3.05) is 0 Å². The van der Waals surface area contributed by atoms with E-state index >= 15 is 0 Å². The van der Waals surface area contributed by atoms with Gasteiger partial charge in [-0.15, -0.1) is 0 Å². The number of benzene rings is 2. The number of nitrogens with zero attached hydrogens (tertiary/aromatic N) is 2. The van der Waals surface area contributed by atoms with E-state index in [0.717, 1.165) is 67.5 Å². The van der Waals surface area contributed by atoms with E-state index in [4.69, 9.17) is 0 Å². The van der Waals surface area contributed by atoms with Crippen LogP contribution in [-0.4, -0.2) is 4.70 Å². The van der Waals surface area contributed by atoms with Crippen molar-refractivity contribution in [3.63, 3.8) is 0 Å². The van der Waals surface area contributed by atoms with Crippen molar-refractivity contribution in [3.05, 3.63) is 102 Å². The van der Waals surface area contributed by atoms with Gasteiger partial charge in [-0.1, -0.05) is 348 Å². The number of rotatable bonds is 53. The molecule has 1 aliphatic heterocycles. The van der Waals surface area contributed by atoms with Crippen LogP contribution in [0.15, 0.2) is 60.2 Å². The number of aryl methyl sites for hydroxylation is 2. The van der Waals surface area contributed by atoms with Crippen LogP contribution in [0.1, 0.15) is 384 Å². The normalized spacial score (nSPS) is 12.1. The Bertz CT molecular complexity index is 1570. The number of unbranched alkanes of at least 4 members (excludes halogenated alkanes) is 45. The molecule has 0 amide bonds. The van der Waals surface area contributed by atoms with E-state index in [-0.39, 0.29) is 16.5 Å². The van der Waals surface area contributed by atoms with E-state index < -0.39 is 0 Å². The molecule has 0 N–H and O–H groups in total. The van der Waals surface area contributed by atoms with Gasteiger partial charge in [0.25, 0.3) is 0 Å². The predicted octanol–water partition coefficient (Wildman–Crippen LogP) is 27.2. The first-order valence-electron chi connectivity index (χ1n) is 35.2. The Kier molecular flexibility index (Phi) is 59.1. The molecular formula is C76H134N2Ni. The van der Waals surface area contributed by atoms with Gasteiger partial charge in [-0.25, -0.2) is 4.70 Å². The van der Waals surface area contributed by atoms with Gasteiger partial charge in [0.2, 0.25) is 11.4 Å². The van der Waals surface area contributed by atoms with Gasteiger partial charge >= 0.3 is 16.5 Å². The van der Waals surface area contributed by atoms with Crippen LogP contribution in [0.3, 0.4) is 0 Å². The van der Waals surface area contributed by atoms with E-state index in [0.29, 0.717) is 0 Å². The molecule has 0 unspecified atom stereocenters. The van der Waals surface area contributed by atoms with Gasteiger partial charge in [-0.05, 0) is 73.9 Å². The molecule has 1 heterocycles. The Morgan fingerprint density at radius 3 is 0.861 bits per heavy atom. The van der Waals surface area contributed by atoms with Crippen LogP contribution in [-0.2, 0) is 29.3 Å². The second-order valence-electron chi connectivity index (χ2n) is 24.3. The maximum absolute atomic E-state index is 11.3. The molecule has 3 rings (SSSR count). The average Bonchev–Trinajstić information content (AvgIpc) is 3.83. The molecule has 0 saturated carbocycles. The summed E-state index contributed by atoms with van der Waals surface area (Å²) in [7, 11) is 0. The molecule has 0 aromatic heterocycles. The average molecular weight is 1130 g/mol. The molecular weight excluding hydrogens is 1000 g/mol. The topological polar surface area (TPSA) is 25.3 Å². The number of hydrogen-bond donors (Lipinski definition) is 0. The molecule has 0 saturated heterocycles. The van der Waals surface area contributed by atoms with Gasteiger partial charge < -0.3 is 19.4 Å². The minimum atomic E-state index is 0. The summed E-state index contributed by atoms with van der Waals surface area (Å²) in [5.74, 6) is 0. The summed E-state index contributed by atoms with van der Waals surface area (Å²) in [4.78, 5) is 0. The third-order valence-electron chi connectivity index (χ3n) is 16.6. The van der Waals surface area contributed by atoms with Crippen LogP contribution in [0.2, 0.25) is 0 Å². The number of hydrogen-bond acceptors (Lipinski definition) is 0. The van der Waals surface area contributed by atoms with Crippen LogP contribution < -0.4 is 0 Å². The summed E-state index contributed by atoms with van der Waals surface area (Å²) >= 11 is 0. The zero-order valence-electron chi connectivity index (χ0n) is 53.8. The van der Waals surface area contributed by atoms with Crippen LogP contribution >= 0.6 is 0 Å². The molecule has 0 fully saturated rings. The molecule has 2 nitrogen and oxygen atoms in total. The molecule has 79 heavy (non-hydrogen) atoms. The molecule has 2 aromatic rings. The summed E-state index contributed by atoms with van der Waals surface area (Å²) in [6.07, 6.45) is 76.0. The Labute approximate surface area is 506 Å². The van der Waals surface area contributed by atoms with E-state index in [9.17, 15) is 5.53 Å². The van der Waals surface area contributed by atoms with Crippen LogP contribution in [0.4, 0.5) is 0 Å². The maximum Gasteiger partial charge on any atom is 2.00 e. The van der Waals surface area contributed by atoms with Crippen molar-refractivity contribution >= 4 is 11.4 Å². The standard InChI is InChI=1S/C28H36N2.2C24H49.Ni/c1-4-7-12-22-14-10-17-24(19-22)27-21-26(16-9-6-3)28(30(27)29)25-18-11-15-23(20-25)13-8-5-2;2*1-3-5-7-9-11-13-15-17-19-21-23-24-22-20-18-16-14-12-10-8-6-4-2;/h10-11,14-15,17-21H,4-9,12-13,16H2,1-3H3;2*1,3-24H2,2H3;/q;2*-1;+2. The quantitative estimate of drug-likeness (QED) is 0.0273. The van der Waals surface area contributed by atoms with Gasteiger partial charge in [0.05, 0.1) is 0 Å². The second kappa shape index (κ2) is 60.6. The van der Waals surface area contributed by atoms with Crippen molar-refractivity contribution in [3.8, 4) is 0 Å². The molecule has 3 heteroatoms. The molecule has 2 aromatic carbocycles. The Morgan fingerprint density at radius 2 is 0.570 bits per heavy atom. The Morgan fingerprint density at radius 1 is 0.316 bits per heavy atom. The predicted molar refractivity (Wildman–Crippen MR) is 353 cm³/mol. The van der Waals surface area contributed by atoms with Crippen molar-refractivity contribution < 1.29 is 21.2 Å². The van der Waals surface area contributed by atoms with Gasteiger partial charge in [0, 0.05) is 22.8 Å². The first-order valence-corrected chi connectivity index (χ1v) is 35.2. The molecule has 0 aliphatic carbocycles. The SMILES string of the molecule is CCCCC1=C(c2cccc(CCCC)c2)[N+](=[N-])C(c2cccc(CCCC)c2)=C1.[CH2-]CCCCCCCCCCCCCCCCCCCCCCC.[CH2-]CCCCCCCCCCCCCCCCCCCCCCC.[Ni+2]. The summed E-state index contributed by atoms with van der Waals surface area (Å²) < 4.78 is 1.43. The molecule has 0 atom stereocenters. The van der Waals surface area contributed by atoms with Gasteiger partial charge in [-0.2, -0.15) is 12.8 Å². The van der Waals surface area contributed by atoms with E-state index in [2.05, 4.69) is 103 Å². The Hall–Kier alpha value is -1.99. The third-order valence-corrected chi connectivity index (χ3v) is 16.6. The van der Waals surface area contributed by atoms with Gasteiger partial charge in [0.15, 0.2) is 0 Å². The largest absolute Gasteiger partial charge is 2.00 e. The molecule has 1 aliphatic rings. The van der Waals surface area contributed by atoms with Crippen LogP contribution in [0, 0.1) is 13.8 Å². The fourth-order valence-electron chi connectivity index (χ4n) is 11.4. The monoisotopic (exact) mass is 1130 g/mol. The molecule has 0 spiro atoms. The summed E-state index contributed by atoms with van der Waals surface area (Å²) in [5, 5.41) is 0. The fraction of sp³-hybridized carbons (Fsp3) is 0.763. The van der Waals surface area contributed by atoms with Crippen molar-refractivity contribution in [1.29, 1.82) is 0 Å². The zero-order valence-corrected chi connectivity index (χ0v) is 54.8. The minimum Gasteiger partial charge on any atom is -0.493 e. The van der Waals surface area contributed by atoms with E-state index in [1.54, 1.807) is 0 Å². The second-order valence-corrected chi connectivity index (χ2v) is 24.3. The summed E-state index contributed by atoms with van der Waals surface area (Å²) in [6.45, 7) is 19.1. The third kappa shape index (κ3) is 45.2. The molecule has 0 radical (unpaired) electrons. The van der Waals surface area contributed by atoms with E-state index in [1.165, 1.54) is 317 Å². The number of allylic oxidation sites excluding steroid dienone is 2. The first-order chi connectivity index (χ1) is 38.5. The summed E-state index contributed by atoms with van der Waals surface area (Å²) in [5.41, 5.74) is 19.3. The molecule has 0 bridgehead atoms. The smallest absolute Gasteiger partial charge is 0.493 e. The fourth-order valence-corrected chi connectivity index (χ4v) is 11.4. The van der Waals surface area contributed by atoms with Crippen molar-refractivity contribution in [2.45, 2.75) is 375 Å². The maximum atomic E-state index is 11.3. The molecule has 458 valence electrons. The van der Waals surface area contributed by atoms with Crippen LogP contribution in [0.25, 0.3) is 16.9 Å². The van der Waals surface area contributed by atoms with Crippen LogP contribution in [0.5, 0.6) is 0 Å². The summed E-state index contributed by atoms with van der Waals surface area (Å²) in [6, 6.07) is 17.4. The van der Waals surface area contributed by atoms with Crippen molar-refractivity contribution in [2.24, 2.45) is 0 Å². The van der Waals surface area contributed by atoms with E-state index in [1.807, 2.05) is 0 Å². The first kappa shape index (κ1) is 77.0. The van der Waals surface area contributed by atoms with Crippen molar-refractivity contribution in [1.82, 2.24) is 0 Å². The van der Waals surface area contributed by atoms with Gasteiger partial charge in [0.1, 0.15) is 0 Å². The van der Waals surface area contributed by atoms with Gasteiger partial charge in [-0.3, -0.25) is 0 Å². The zero-order chi connectivity index (χ0) is 56.5. The Balaban J connectivity index is 0.00000116. The minimum absolute atomic E-state index is 0.